The maximum atomic E-state index is 6.06. The number of benzene rings is 1. The van der Waals surface area contributed by atoms with Crippen molar-refractivity contribution < 1.29 is 9.47 Å². The van der Waals surface area contributed by atoms with Gasteiger partial charge in [0.25, 0.3) is 0 Å². The van der Waals surface area contributed by atoms with E-state index in [-0.39, 0.29) is 6.10 Å². The van der Waals surface area contributed by atoms with E-state index in [2.05, 4.69) is 36.9 Å². The summed E-state index contributed by atoms with van der Waals surface area (Å²) in [6.07, 6.45) is 3.82. The highest BCUT2D eigenvalue weighted by atomic mass is 16.5. The van der Waals surface area contributed by atoms with Crippen molar-refractivity contribution in [2.24, 2.45) is 0 Å². The Morgan fingerprint density at radius 3 is 3.10 bits per heavy atom. The number of aryl methyl sites for hydroxylation is 1. The first-order valence-corrected chi connectivity index (χ1v) is 7.83. The molecule has 0 saturated carbocycles. The zero-order valence-electron chi connectivity index (χ0n) is 12.6. The Morgan fingerprint density at radius 1 is 1.35 bits per heavy atom. The summed E-state index contributed by atoms with van der Waals surface area (Å²) in [4.78, 5) is 2.47. The molecule has 3 heteroatoms. The largest absolute Gasteiger partial charge is 0.491 e. The average molecular weight is 275 g/mol. The van der Waals surface area contributed by atoms with Crippen LogP contribution in [0.3, 0.4) is 0 Å². The Balaban J connectivity index is 1.58. The van der Waals surface area contributed by atoms with Gasteiger partial charge in [0.05, 0.1) is 6.61 Å². The first-order chi connectivity index (χ1) is 9.74. The molecule has 1 saturated heterocycles. The molecule has 0 N–H and O–H groups in total. The molecule has 0 bridgehead atoms. The highest BCUT2D eigenvalue weighted by Crippen LogP contribution is 2.30. The number of nitrogens with zero attached hydrogens (tertiary/aromatic N) is 1. The molecule has 110 valence electrons. The summed E-state index contributed by atoms with van der Waals surface area (Å²) in [5.41, 5.74) is 2.89. The molecule has 0 aromatic heterocycles. The Hall–Kier alpha value is -1.06. The van der Waals surface area contributed by atoms with E-state index in [0.717, 1.165) is 31.9 Å². The van der Waals surface area contributed by atoms with Crippen LogP contribution in [0.2, 0.25) is 0 Å². The quantitative estimate of drug-likeness (QED) is 0.843. The molecule has 1 fully saturated rings. The Labute approximate surface area is 121 Å². The molecular weight excluding hydrogens is 250 g/mol. The molecule has 0 amide bonds. The second-order valence-electron chi connectivity index (χ2n) is 6.14. The zero-order valence-corrected chi connectivity index (χ0v) is 12.6. The minimum atomic E-state index is 0.198. The molecule has 1 aliphatic carbocycles. The van der Waals surface area contributed by atoms with E-state index in [1.807, 2.05) is 0 Å². The maximum absolute atomic E-state index is 6.06. The van der Waals surface area contributed by atoms with Crippen molar-refractivity contribution in [1.82, 2.24) is 4.90 Å². The van der Waals surface area contributed by atoms with Crippen molar-refractivity contribution in [2.45, 2.75) is 45.3 Å². The van der Waals surface area contributed by atoms with Gasteiger partial charge in [-0.25, -0.2) is 0 Å². The lowest BCUT2D eigenvalue weighted by Gasteiger charge is -2.35. The smallest absolute Gasteiger partial charge is 0.122 e. The molecule has 1 aromatic rings. The summed E-state index contributed by atoms with van der Waals surface area (Å²) in [6.45, 7) is 7.99. The summed E-state index contributed by atoms with van der Waals surface area (Å²) < 4.78 is 11.9. The Bertz CT molecular complexity index is 458. The van der Waals surface area contributed by atoms with Crippen LogP contribution >= 0.6 is 0 Å². The molecule has 1 unspecified atom stereocenters. The van der Waals surface area contributed by atoms with E-state index in [4.69, 9.17) is 9.47 Å². The van der Waals surface area contributed by atoms with Gasteiger partial charge in [-0.2, -0.15) is 0 Å². The topological polar surface area (TPSA) is 21.7 Å². The first-order valence-electron chi connectivity index (χ1n) is 7.83. The predicted octanol–water partition coefficient (Wildman–Crippen LogP) is 2.66. The van der Waals surface area contributed by atoms with Crippen molar-refractivity contribution in [3.05, 3.63) is 29.3 Å². The van der Waals surface area contributed by atoms with Gasteiger partial charge < -0.3 is 9.47 Å². The van der Waals surface area contributed by atoms with Crippen LogP contribution in [0.15, 0.2) is 18.2 Å². The van der Waals surface area contributed by atoms with Gasteiger partial charge in [0.15, 0.2) is 0 Å². The number of hydrogen-bond acceptors (Lipinski definition) is 3. The standard InChI is InChI=1S/C17H25NO2/c1-13(2)18-9-10-19-15(11-18)12-20-17-8-4-6-14-5-3-7-16(14)17/h4,6,8,13,15H,3,5,7,9-12H2,1-2H3. The van der Waals surface area contributed by atoms with Crippen molar-refractivity contribution in [1.29, 1.82) is 0 Å². The van der Waals surface area contributed by atoms with E-state index >= 15 is 0 Å². The molecule has 1 aromatic carbocycles. The van der Waals surface area contributed by atoms with Gasteiger partial charge in [-0.05, 0) is 50.3 Å². The van der Waals surface area contributed by atoms with Crippen LogP contribution in [0.1, 0.15) is 31.4 Å². The molecule has 1 atom stereocenters. The van der Waals surface area contributed by atoms with Crippen molar-refractivity contribution in [2.75, 3.05) is 26.3 Å². The summed E-state index contributed by atoms with van der Waals surface area (Å²) in [6, 6.07) is 7.03. The lowest BCUT2D eigenvalue weighted by Crippen LogP contribution is -2.47. The summed E-state index contributed by atoms with van der Waals surface area (Å²) >= 11 is 0. The number of morpholine rings is 1. The Kier molecular flexibility index (Phi) is 4.27. The fourth-order valence-electron chi connectivity index (χ4n) is 3.21. The third-order valence-corrected chi connectivity index (χ3v) is 4.43. The van der Waals surface area contributed by atoms with E-state index in [1.165, 1.54) is 24.0 Å². The van der Waals surface area contributed by atoms with E-state index < -0.39 is 0 Å². The fraction of sp³-hybridized carbons (Fsp3) is 0.647. The van der Waals surface area contributed by atoms with Gasteiger partial charge in [0, 0.05) is 19.1 Å². The number of ether oxygens (including phenoxy) is 2. The summed E-state index contributed by atoms with van der Waals surface area (Å²) in [7, 11) is 0. The van der Waals surface area contributed by atoms with Crippen molar-refractivity contribution >= 4 is 0 Å². The zero-order chi connectivity index (χ0) is 13.9. The molecular formula is C17H25NO2. The van der Waals surface area contributed by atoms with Crippen LogP contribution in [0.25, 0.3) is 0 Å². The second-order valence-corrected chi connectivity index (χ2v) is 6.14. The van der Waals surface area contributed by atoms with Gasteiger partial charge >= 0.3 is 0 Å². The highest BCUT2D eigenvalue weighted by Gasteiger charge is 2.23. The summed E-state index contributed by atoms with van der Waals surface area (Å²) in [5, 5.41) is 0. The molecule has 1 heterocycles. The minimum absolute atomic E-state index is 0.198. The third-order valence-electron chi connectivity index (χ3n) is 4.43. The highest BCUT2D eigenvalue weighted by molar-refractivity contribution is 5.43. The van der Waals surface area contributed by atoms with Gasteiger partial charge in [-0.3, -0.25) is 4.90 Å². The first kappa shape index (κ1) is 13.9. The van der Waals surface area contributed by atoms with E-state index in [1.54, 1.807) is 0 Å². The van der Waals surface area contributed by atoms with Gasteiger partial charge in [-0.1, -0.05) is 12.1 Å². The number of fused-ring (bicyclic) bond motifs is 1. The molecule has 3 nitrogen and oxygen atoms in total. The predicted molar refractivity (Wildman–Crippen MR) is 80.4 cm³/mol. The molecule has 2 aliphatic rings. The number of hydrogen-bond donors (Lipinski definition) is 0. The molecule has 20 heavy (non-hydrogen) atoms. The maximum Gasteiger partial charge on any atom is 0.122 e. The average Bonchev–Trinajstić information content (AvgIpc) is 2.94. The lowest BCUT2D eigenvalue weighted by atomic mass is 10.1. The van der Waals surface area contributed by atoms with E-state index in [0.29, 0.717) is 12.6 Å². The minimum Gasteiger partial charge on any atom is -0.491 e. The molecule has 0 spiro atoms. The SMILES string of the molecule is CC(C)N1CCOC(COc2cccc3c2CCC3)C1. The lowest BCUT2D eigenvalue weighted by molar-refractivity contribution is -0.0565. The second kappa shape index (κ2) is 6.15. The van der Waals surface area contributed by atoms with Crippen LogP contribution in [0.4, 0.5) is 0 Å². The van der Waals surface area contributed by atoms with Gasteiger partial charge in [0.2, 0.25) is 0 Å². The van der Waals surface area contributed by atoms with Crippen molar-refractivity contribution in [3.63, 3.8) is 0 Å². The van der Waals surface area contributed by atoms with Crippen LogP contribution in [0.5, 0.6) is 5.75 Å². The van der Waals surface area contributed by atoms with Crippen LogP contribution in [-0.2, 0) is 17.6 Å². The van der Waals surface area contributed by atoms with E-state index in [9.17, 15) is 0 Å². The fourth-order valence-corrected chi connectivity index (χ4v) is 3.21. The molecule has 0 radical (unpaired) electrons. The molecule has 1 aliphatic heterocycles. The van der Waals surface area contributed by atoms with Crippen LogP contribution in [-0.4, -0.2) is 43.3 Å². The van der Waals surface area contributed by atoms with Crippen LogP contribution in [0, 0.1) is 0 Å². The normalized spacial score (nSPS) is 23.1. The molecule has 3 rings (SSSR count). The van der Waals surface area contributed by atoms with Gasteiger partial charge in [0.1, 0.15) is 18.5 Å². The van der Waals surface area contributed by atoms with Gasteiger partial charge in [-0.15, -0.1) is 0 Å². The number of rotatable bonds is 4. The summed E-state index contributed by atoms with van der Waals surface area (Å²) in [5.74, 6) is 1.07. The van der Waals surface area contributed by atoms with Crippen molar-refractivity contribution in [3.8, 4) is 5.75 Å². The van der Waals surface area contributed by atoms with Crippen LogP contribution < -0.4 is 4.74 Å². The Morgan fingerprint density at radius 2 is 2.25 bits per heavy atom. The monoisotopic (exact) mass is 275 g/mol. The third kappa shape index (κ3) is 2.99.